The zero-order chi connectivity index (χ0) is 42.8. The molecule has 0 saturated heterocycles. The van der Waals surface area contributed by atoms with Gasteiger partial charge in [0.05, 0.1) is 152 Å². The lowest BCUT2D eigenvalue weighted by atomic mass is 10.0. The number of unbranched alkanes of at least 4 members (excludes halogenated alkanes) is 12. The molecule has 0 spiro atoms. The average Bonchev–Trinajstić information content (AvgIpc) is 3.21. The molecule has 0 rings (SSSR count). The topological polar surface area (TPSA) is 149 Å². The maximum atomic E-state index is 11.5. The zero-order valence-electron chi connectivity index (χ0n) is 38.1. The van der Waals surface area contributed by atoms with E-state index in [1.165, 1.54) is 77.0 Å². The van der Waals surface area contributed by atoms with Crippen LogP contribution in [0.3, 0.4) is 0 Å². The number of nitrogens with one attached hydrogen (secondary N) is 1. The number of carbonyl (C=O) groups excluding carboxylic acids is 1. The second-order valence-electron chi connectivity index (χ2n) is 15.0. The van der Waals surface area contributed by atoms with E-state index < -0.39 is 11.7 Å². The van der Waals surface area contributed by atoms with Gasteiger partial charge >= 0.3 is 6.09 Å². The fourth-order valence-corrected chi connectivity index (χ4v) is 5.28. The Morgan fingerprint density at radius 2 is 0.542 bits per heavy atom. The van der Waals surface area contributed by atoms with Crippen LogP contribution >= 0.6 is 0 Å². The number of rotatable bonds is 50. The van der Waals surface area contributed by atoms with Crippen molar-refractivity contribution < 1.29 is 66.4 Å². The Kier molecular flexibility index (Phi) is 48.4. The molecule has 354 valence electrons. The molecule has 15 heteroatoms. The maximum Gasteiger partial charge on any atom is 0.407 e. The summed E-state index contributed by atoms with van der Waals surface area (Å²) in [5.74, 6) is 0. The van der Waals surface area contributed by atoms with Gasteiger partial charge in [-0.05, 0) is 27.2 Å². The van der Waals surface area contributed by atoms with Gasteiger partial charge in [0.1, 0.15) is 5.60 Å². The quantitative estimate of drug-likeness (QED) is 0.0640. The van der Waals surface area contributed by atoms with Crippen molar-refractivity contribution in [3.8, 4) is 0 Å². The van der Waals surface area contributed by atoms with Crippen molar-refractivity contribution in [2.24, 2.45) is 0 Å². The third-order valence-electron chi connectivity index (χ3n) is 8.40. The molecule has 0 heterocycles. The number of amides is 1. The van der Waals surface area contributed by atoms with Crippen LogP contribution < -0.4 is 5.32 Å². The number of hydrogen-bond acceptors (Lipinski definition) is 14. The van der Waals surface area contributed by atoms with Gasteiger partial charge in [-0.2, -0.15) is 0 Å². The Bertz CT molecular complexity index is 808. The first-order valence-corrected chi connectivity index (χ1v) is 22.9. The Labute approximate surface area is 359 Å². The molecule has 0 radical (unpaired) electrons. The molecule has 0 aliphatic carbocycles. The van der Waals surface area contributed by atoms with Gasteiger partial charge in [-0.15, -0.1) is 0 Å². The van der Waals surface area contributed by atoms with Crippen molar-refractivity contribution >= 4 is 6.09 Å². The molecule has 0 aromatic carbocycles. The van der Waals surface area contributed by atoms with E-state index in [0.29, 0.717) is 159 Å². The van der Waals surface area contributed by atoms with Crippen molar-refractivity contribution in [1.29, 1.82) is 0 Å². The van der Waals surface area contributed by atoms with Crippen LogP contribution in [-0.2, 0) is 61.6 Å². The van der Waals surface area contributed by atoms with Crippen LogP contribution in [0.25, 0.3) is 0 Å². The highest BCUT2D eigenvalue weighted by Gasteiger charge is 2.15. The van der Waals surface area contributed by atoms with Crippen molar-refractivity contribution in [2.75, 3.05) is 165 Å². The van der Waals surface area contributed by atoms with Gasteiger partial charge < -0.3 is 66.9 Å². The fourth-order valence-electron chi connectivity index (χ4n) is 5.28. The molecule has 0 fully saturated rings. The highest BCUT2D eigenvalue weighted by atomic mass is 16.6. The molecule has 1 N–H and O–H groups in total. The zero-order valence-corrected chi connectivity index (χ0v) is 38.1. The Balaban J connectivity index is 3.09. The summed E-state index contributed by atoms with van der Waals surface area (Å²) in [6.45, 7) is 20.7. The van der Waals surface area contributed by atoms with Gasteiger partial charge in [-0.1, -0.05) is 84.0 Å². The lowest BCUT2D eigenvalue weighted by Gasteiger charge is -2.19. The summed E-state index contributed by atoms with van der Waals surface area (Å²) in [5.41, 5.74) is -0.512. The molecule has 0 aromatic heterocycles. The van der Waals surface area contributed by atoms with Crippen molar-refractivity contribution in [3.05, 3.63) is 0 Å². The highest BCUT2D eigenvalue weighted by molar-refractivity contribution is 5.67. The summed E-state index contributed by atoms with van der Waals surface area (Å²) in [7, 11) is 0. The van der Waals surface area contributed by atoms with Crippen LogP contribution in [0.1, 0.15) is 111 Å². The molecule has 0 atom stereocenters. The summed E-state index contributed by atoms with van der Waals surface area (Å²) >= 11 is 0. The molecule has 0 aliphatic heterocycles. The normalized spacial score (nSPS) is 11.8. The van der Waals surface area contributed by atoms with Crippen molar-refractivity contribution in [2.45, 2.75) is 117 Å². The molecular formula is C44H89NO14. The van der Waals surface area contributed by atoms with Gasteiger partial charge in [0.25, 0.3) is 0 Å². The largest absolute Gasteiger partial charge is 0.444 e. The van der Waals surface area contributed by atoms with Crippen LogP contribution in [0.4, 0.5) is 4.79 Å². The van der Waals surface area contributed by atoms with Crippen LogP contribution in [0.5, 0.6) is 0 Å². The molecule has 0 aliphatic rings. The third kappa shape index (κ3) is 54.8. The number of alkyl carbamates (subject to hydrolysis) is 1. The highest BCUT2D eigenvalue weighted by Crippen LogP contribution is 2.12. The summed E-state index contributed by atoms with van der Waals surface area (Å²) in [4.78, 5) is 11.5. The van der Waals surface area contributed by atoms with E-state index in [-0.39, 0.29) is 0 Å². The van der Waals surface area contributed by atoms with E-state index in [4.69, 9.17) is 61.6 Å². The molecule has 15 nitrogen and oxygen atoms in total. The second kappa shape index (κ2) is 49.4. The van der Waals surface area contributed by atoms with E-state index in [9.17, 15) is 4.79 Å². The summed E-state index contributed by atoms with van der Waals surface area (Å²) < 4.78 is 71.3. The van der Waals surface area contributed by atoms with Gasteiger partial charge in [0.2, 0.25) is 0 Å². The third-order valence-corrected chi connectivity index (χ3v) is 8.40. The predicted molar refractivity (Wildman–Crippen MR) is 230 cm³/mol. The van der Waals surface area contributed by atoms with Crippen LogP contribution in [0.2, 0.25) is 0 Å². The Morgan fingerprint density at radius 3 is 0.797 bits per heavy atom. The first-order chi connectivity index (χ1) is 29.0. The maximum absolute atomic E-state index is 11.5. The van der Waals surface area contributed by atoms with E-state index in [2.05, 4.69) is 12.2 Å². The lowest BCUT2D eigenvalue weighted by molar-refractivity contribution is -0.0283. The monoisotopic (exact) mass is 856 g/mol. The molecule has 0 bridgehead atoms. The fraction of sp³-hybridized carbons (Fsp3) is 0.977. The van der Waals surface area contributed by atoms with E-state index >= 15 is 0 Å². The second-order valence-corrected chi connectivity index (χ2v) is 15.0. The number of carbonyl (C=O) groups is 1. The molecular weight excluding hydrogens is 766 g/mol. The number of hydrogen-bond donors (Lipinski definition) is 1. The minimum Gasteiger partial charge on any atom is -0.444 e. The number of ether oxygens (including phenoxy) is 13. The van der Waals surface area contributed by atoms with Gasteiger partial charge in [0, 0.05) is 13.2 Å². The predicted octanol–water partition coefficient (Wildman–Crippen LogP) is 6.80. The Hall–Kier alpha value is -1.21. The Morgan fingerprint density at radius 1 is 0.322 bits per heavy atom. The van der Waals surface area contributed by atoms with Crippen LogP contribution in [0.15, 0.2) is 0 Å². The minimum absolute atomic E-state index is 0.383. The van der Waals surface area contributed by atoms with E-state index in [0.717, 1.165) is 13.0 Å². The summed E-state index contributed by atoms with van der Waals surface area (Å²) in [5, 5.41) is 2.63. The standard InChI is InChI=1S/C44H89NO14/c1-5-6-7-8-9-10-11-12-13-14-15-16-17-19-47-21-23-49-25-27-51-29-31-53-33-35-55-37-39-57-41-42-58-40-38-56-36-34-54-32-30-52-28-26-50-24-22-48-20-18-45-43(46)59-44(2,3)4/h5-42H2,1-4H3,(H,45,46). The SMILES string of the molecule is CCCCCCCCCCCCCCCOCCOCCOCCOCCOCCOCCOCCOCCOCCOCCOCCOCCNC(=O)OC(C)(C)C. The molecule has 59 heavy (non-hydrogen) atoms. The molecule has 0 saturated carbocycles. The van der Waals surface area contributed by atoms with Crippen LogP contribution in [-0.4, -0.2) is 177 Å². The van der Waals surface area contributed by atoms with E-state index in [1.807, 2.05) is 20.8 Å². The van der Waals surface area contributed by atoms with E-state index in [1.54, 1.807) is 0 Å². The van der Waals surface area contributed by atoms with Crippen LogP contribution in [0, 0.1) is 0 Å². The molecule has 0 unspecified atom stereocenters. The van der Waals surface area contributed by atoms with Gasteiger partial charge in [-0.3, -0.25) is 0 Å². The summed E-state index contributed by atoms with van der Waals surface area (Å²) in [6, 6.07) is 0. The van der Waals surface area contributed by atoms with Gasteiger partial charge in [0.15, 0.2) is 0 Å². The van der Waals surface area contributed by atoms with Gasteiger partial charge in [-0.25, -0.2) is 4.79 Å². The lowest BCUT2D eigenvalue weighted by Crippen LogP contribution is -2.34. The minimum atomic E-state index is -0.512. The molecule has 0 aromatic rings. The van der Waals surface area contributed by atoms with Crippen molar-refractivity contribution in [3.63, 3.8) is 0 Å². The molecule has 1 amide bonds. The summed E-state index contributed by atoms with van der Waals surface area (Å²) in [6.07, 6.45) is 17.3. The van der Waals surface area contributed by atoms with Crippen molar-refractivity contribution in [1.82, 2.24) is 5.32 Å². The first kappa shape index (κ1) is 57.8. The first-order valence-electron chi connectivity index (χ1n) is 22.9. The smallest absolute Gasteiger partial charge is 0.407 e. The average molecular weight is 856 g/mol.